The minimum atomic E-state index is -4.44. The van der Waals surface area contributed by atoms with E-state index in [1.54, 1.807) is 6.07 Å². The fourth-order valence-electron chi connectivity index (χ4n) is 3.52. The number of carbonyl (C=O) groups is 2. The molecule has 8 heteroatoms. The van der Waals surface area contributed by atoms with Gasteiger partial charge in [0.15, 0.2) is 0 Å². The molecule has 5 nitrogen and oxygen atoms in total. The molecule has 1 N–H and O–H groups in total. The maximum absolute atomic E-state index is 12.9. The molecule has 1 heterocycles. The maximum atomic E-state index is 12.9. The molecule has 0 aliphatic carbocycles. The molecule has 1 saturated heterocycles. The Morgan fingerprint density at radius 2 is 1.84 bits per heavy atom. The van der Waals surface area contributed by atoms with Crippen LogP contribution in [-0.4, -0.2) is 48.8 Å². The van der Waals surface area contributed by atoms with E-state index in [0.29, 0.717) is 11.3 Å². The standard InChI is InChI=1S/C23H26F3N3O2/c1-28(2)11-10-16-6-8-20(9-7-16)27-22(31)18-13-21(30)29(15-18)14-17-4-3-5-19(12-17)23(24,25)26/h3-9,12,18H,10-11,13-15H2,1-2H3,(H,27,31). The van der Waals surface area contributed by atoms with Crippen molar-refractivity contribution < 1.29 is 22.8 Å². The topological polar surface area (TPSA) is 52.7 Å². The summed E-state index contributed by atoms with van der Waals surface area (Å²) in [6, 6.07) is 12.5. The van der Waals surface area contributed by atoms with Crippen LogP contribution < -0.4 is 5.32 Å². The number of amides is 2. The SMILES string of the molecule is CN(C)CCc1ccc(NC(=O)C2CC(=O)N(Cc3cccc(C(F)(F)F)c3)C2)cc1. The second-order valence-corrected chi connectivity index (χ2v) is 8.11. The lowest BCUT2D eigenvalue weighted by Crippen LogP contribution is -2.28. The predicted octanol–water partition coefficient (Wildman–Crippen LogP) is 3.80. The highest BCUT2D eigenvalue weighted by Crippen LogP contribution is 2.30. The van der Waals surface area contributed by atoms with Gasteiger partial charge in [-0.2, -0.15) is 13.2 Å². The van der Waals surface area contributed by atoms with E-state index >= 15 is 0 Å². The summed E-state index contributed by atoms with van der Waals surface area (Å²) in [7, 11) is 4.02. The average molecular weight is 433 g/mol. The van der Waals surface area contributed by atoms with Crippen LogP contribution in [0.4, 0.5) is 18.9 Å². The molecular formula is C23H26F3N3O2. The van der Waals surface area contributed by atoms with Crippen molar-refractivity contribution in [2.75, 3.05) is 32.5 Å². The van der Waals surface area contributed by atoms with Crippen LogP contribution in [0.3, 0.4) is 0 Å². The van der Waals surface area contributed by atoms with E-state index in [1.165, 1.54) is 11.0 Å². The molecule has 0 bridgehead atoms. The van der Waals surface area contributed by atoms with Crippen molar-refractivity contribution >= 4 is 17.5 Å². The zero-order chi connectivity index (χ0) is 22.6. The Hall–Kier alpha value is -2.87. The fraction of sp³-hybridized carbons (Fsp3) is 0.391. The molecule has 0 spiro atoms. The number of likely N-dealkylation sites (tertiary alicyclic amines) is 1. The Kier molecular flexibility index (Phi) is 7.00. The van der Waals surface area contributed by atoms with Crippen molar-refractivity contribution in [2.24, 2.45) is 5.92 Å². The first-order chi connectivity index (χ1) is 14.6. The third-order valence-electron chi connectivity index (χ3n) is 5.28. The first kappa shape index (κ1) is 22.8. The number of rotatable bonds is 7. The van der Waals surface area contributed by atoms with Crippen molar-refractivity contribution in [1.82, 2.24) is 9.80 Å². The number of benzene rings is 2. The lowest BCUT2D eigenvalue weighted by Gasteiger charge is -2.18. The van der Waals surface area contributed by atoms with E-state index < -0.39 is 17.7 Å². The van der Waals surface area contributed by atoms with Gasteiger partial charge < -0.3 is 15.1 Å². The molecule has 2 aromatic carbocycles. The van der Waals surface area contributed by atoms with Gasteiger partial charge in [-0.1, -0.05) is 24.3 Å². The molecule has 0 radical (unpaired) electrons. The highest BCUT2D eigenvalue weighted by Gasteiger charge is 2.35. The zero-order valence-electron chi connectivity index (χ0n) is 17.6. The van der Waals surface area contributed by atoms with Crippen LogP contribution in [0.5, 0.6) is 0 Å². The van der Waals surface area contributed by atoms with Gasteiger partial charge in [-0.05, 0) is 55.9 Å². The summed E-state index contributed by atoms with van der Waals surface area (Å²) in [6.07, 6.45) is -3.48. The zero-order valence-corrected chi connectivity index (χ0v) is 17.6. The number of nitrogens with zero attached hydrogens (tertiary/aromatic N) is 2. The average Bonchev–Trinajstić information content (AvgIpc) is 3.07. The molecule has 2 amide bonds. The number of hydrogen-bond donors (Lipinski definition) is 1. The van der Waals surface area contributed by atoms with E-state index in [-0.39, 0.29) is 31.3 Å². The van der Waals surface area contributed by atoms with Gasteiger partial charge in [0, 0.05) is 31.7 Å². The third-order valence-corrected chi connectivity index (χ3v) is 5.28. The molecule has 1 aliphatic rings. The number of alkyl halides is 3. The normalized spacial score (nSPS) is 16.8. The number of carbonyl (C=O) groups excluding carboxylic acids is 2. The van der Waals surface area contributed by atoms with Crippen molar-refractivity contribution in [3.8, 4) is 0 Å². The first-order valence-electron chi connectivity index (χ1n) is 10.1. The Bertz CT molecular complexity index is 926. The summed E-state index contributed by atoms with van der Waals surface area (Å²) in [6.45, 7) is 1.16. The van der Waals surface area contributed by atoms with E-state index in [2.05, 4.69) is 10.2 Å². The van der Waals surface area contributed by atoms with Crippen LogP contribution in [0.15, 0.2) is 48.5 Å². The summed E-state index contributed by atoms with van der Waals surface area (Å²) in [5.41, 5.74) is 1.45. The summed E-state index contributed by atoms with van der Waals surface area (Å²) >= 11 is 0. The lowest BCUT2D eigenvalue weighted by atomic mass is 10.1. The summed E-state index contributed by atoms with van der Waals surface area (Å²) in [5.74, 6) is -1.04. The summed E-state index contributed by atoms with van der Waals surface area (Å²) in [4.78, 5) is 28.4. The smallest absolute Gasteiger partial charge is 0.338 e. The molecule has 0 aromatic heterocycles. The second kappa shape index (κ2) is 9.51. The molecule has 1 fully saturated rings. The van der Waals surface area contributed by atoms with E-state index in [4.69, 9.17) is 0 Å². The maximum Gasteiger partial charge on any atom is 0.416 e. The van der Waals surface area contributed by atoms with Gasteiger partial charge >= 0.3 is 6.18 Å². The molecule has 31 heavy (non-hydrogen) atoms. The summed E-state index contributed by atoms with van der Waals surface area (Å²) in [5, 5.41) is 2.83. The monoisotopic (exact) mass is 433 g/mol. The van der Waals surface area contributed by atoms with E-state index in [1.807, 2.05) is 38.4 Å². The van der Waals surface area contributed by atoms with Gasteiger partial charge in [-0.3, -0.25) is 9.59 Å². The molecule has 0 saturated carbocycles. The highest BCUT2D eigenvalue weighted by molar-refractivity contribution is 5.97. The lowest BCUT2D eigenvalue weighted by molar-refractivity contribution is -0.137. The minimum Gasteiger partial charge on any atom is -0.338 e. The fourth-order valence-corrected chi connectivity index (χ4v) is 3.52. The number of anilines is 1. The van der Waals surface area contributed by atoms with Gasteiger partial charge in [0.1, 0.15) is 0 Å². The molecular weight excluding hydrogens is 407 g/mol. The van der Waals surface area contributed by atoms with Crippen LogP contribution in [0.25, 0.3) is 0 Å². The molecule has 3 rings (SSSR count). The van der Waals surface area contributed by atoms with Crippen LogP contribution in [-0.2, 0) is 28.7 Å². The van der Waals surface area contributed by atoms with Crippen molar-refractivity contribution in [2.45, 2.75) is 25.6 Å². The Morgan fingerprint density at radius 3 is 2.48 bits per heavy atom. The summed E-state index contributed by atoms with van der Waals surface area (Å²) < 4.78 is 38.7. The van der Waals surface area contributed by atoms with Gasteiger partial charge in [-0.25, -0.2) is 0 Å². The van der Waals surface area contributed by atoms with Gasteiger partial charge in [0.2, 0.25) is 11.8 Å². The van der Waals surface area contributed by atoms with Crippen molar-refractivity contribution in [3.05, 3.63) is 65.2 Å². The third kappa shape index (κ3) is 6.30. The molecule has 166 valence electrons. The highest BCUT2D eigenvalue weighted by atomic mass is 19.4. The van der Waals surface area contributed by atoms with Crippen LogP contribution >= 0.6 is 0 Å². The largest absolute Gasteiger partial charge is 0.416 e. The van der Waals surface area contributed by atoms with E-state index in [0.717, 1.165) is 30.7 Å². The van der Waals surface area contributed by atoms with E-state index in [9.17, 15) is 22.8 Å². The second-order valence-electron chi connectivity index (χ2n) is 8.11. The van der Waals surface area contributed by atoms with Gasteiger partial charge in [0.05, 0.1) is 11.5 Å². The number of nitrogens with one attached hydrogen (secondary N) is 1. The first-order valence-corrected chi connectivity index (χ1v) is 10.1. The van der Waals surface area contributed by atoms with Crippen LogP contribution in [0.1, 0.15) is 23.1 Å². The molecule has 1 unspecified atom stereocenters. The van der Waals surface area contributed by atoms with Crippen LogP contribution in [0.2, 0.25) is 0 Å². The molecule has 2 aromatic rings. The molecule has 1 aliphatic heterocycles. The quantitative estimate of drug-likeness (QED) is 0.723. The number of halogens is 3. The Morgan fingerprint density at radius 1 is 1.13 bits per heavy atom. The van der Waals surface area contributed by atoms with Crippen molar-refractivity contribution in [1.29, 1.82) is 0 Å². The minimum absolute atomic E-state index is 0.0473. The number of hydrogen-bond acceptors (Lipinski definition) is 3. The van der Waals surface area contributed by atoms with Crippen LogP contribution in [0, 0.1) is 5.92 Å². The van der Waals surface area contributed by atoms with Gasteiger partial charge in [-0.15, -0.1) is 0 Å². The molecule has 1 atom stereocenters. The predicted molar refractivity (Wildman–Crippen MR) is 112 cm³/mol. The van der Waals surface area contributed by atoms with Gasteiger partial charge in [0.25, 0.3) is 0 Å². The Balaban J connectivity index is 1.56. The van der Waals surface area contributed by atoms with Crippen molar-refractivity contribution in [3.63, 3.8) is 0 Å². The number of likely N-dealkylation sites (N-methyl/N-ethyl adjacent to an activating group) is 1. The Labute approximate surface area is 179 Å².